The third-order valence-corrected chi connectivity index (χ3v) is 6.76. The van der Waals surface area contributed by atoms with E-state index in [-0.39, 0.29) is 54.7 Å². The second-order valence-electron chi connectivity index (χ2n) is 10.1. The second-order valence-corrected chi connectivity index (χ2v) is 10.1. The van der Waals surface area contributed by atoms with Gasteiger partial charge in [0.2, 0.25) is 0 Å². The lowest BCUT2D eigenvalue weighted by Gasteiger charge is -2.24. The smallest absolute Gasteiger partial charge is 0.404 e. The van der Waals surface area contributed by atoms with Crippen molar-refractivity contribution in [2.24, 2.45) is 0 Å². The quantitative estimate of drug-likeness (QED) is 0.318. The van der Waals surface area contributed by atoms with Crippen LogP contribution in [0.4, 0.5) is 4.79 Å². The largest absolute Gasteiger partial charge is 0.465 e. The molecule has 37 heavy (non-hydrogen) atoms. The molecule has 1 aliphatic heterocycles. The number of amides is 1. The molecule has 0 unspecified atom stereocenters. The van der Waals surface area contributed by atoms with Crippen molar-refractivity contribution in [3.05, 3.63) is 59.8 Å². The van der Waals surface area contributed by atoms with Gasteiger partial charge in [0.1, 0.15) is 5.69 Å². The number of carboxylic acid groups (broad SMARTS) is 1. The van der Waals surface area contributed by atoms with Crippen LogP contribution in [0, 0.1) is 0 Å². The van der Waals surface area contributed by atoms with Gasteiger partial charge in [0.25, 0.3) is 0 Å². The molecule has 0 bridgehead atoms. The zero-order valence-electron chi connectivity index (χ0n) is 21.2. The van der Waals surface area contributed by atoms with E-state index in [1.54, 1.807) is 0 Å². The van der Waals surface area contributed by atoms with Gasteiger partial charge in [-0.1, -0.05) is 51.1 Å². The van der Waals surface area contributed by atoms with Crippen molar-refractivity contribution >= 4 is 59.9 Å². The van der Waals surface area contributed by atoms with Crippen molar-refractivity contribution in [2.45, 2.75) is 51.6 Å². The number of hydrogen-bond acceptors (Lipinski definition) is 5. The van der Waals surface area contributed by atoms with Gasteiger partial charge in [-0.15, -0.1) is 47.4 Å². The average molecular weight is 568 g/mol. The van der Waals surface area contributed by atoms with E-state index in [2.05, 4.69) is 84.6 Å². The summed E-state index contributed by atoms with van der Waals surface area (Å²) in [6, 6.07) is 14.6. The number of pyridine rings is 2. The summed E-state index contributed by atoms with van der Waals surface area (Å²) in [5.74, 6) is 0.710. The summed E-state index contributed by atoms with van der Waals surface area (Å²) >= 11 is 0. The Labute approximate surface area is 235 Å². The molecular weight excluding hydrogens is 535 g/mol. The van der Waals surface area contributed by atoms with Crippen LogP contribution in [-0.4, -0.2) is 54.8 Å². The second kappa shape index (κ2) is 11.8. The fourth-order valence-corrected chi connectivity index (χ4v) is 4.85. The molecule has 1 aliphatic rings. The Morgan fingerprint density at radius 3 is 2.54 bits per heavy atom. The minimum Gasteiger partial charge on any atom is -0.465 e. The maximum absolute atomic E-state index is 11.0. The fourth-order valence-electron chi connectivity index (χ4n) is 4.85. The summed E-state index contributed by atoms with van der Waals surface area (Å²) in [5, 5.41) is 21.6. The number of benzene rings is 1. The van der Waals surface area contributed by atoms with Crippen molar-refractivity contribution in [3.63, 3.8) is 0 Å². The third-order valence-electron chi connectivity index (χ3n) is 6.76. The number of carbonyl (C=O) groups is 1. The lowest BCUT2D eigenvalue weighted by Crippen LogP contribution is -2.36. The van der Waals surface area contributed by atoms with Crippen molar-refractivity contribution in [1.82, 2.24) is 29.8 Å². The highest BCUT2D eigenvalue weighted by atomic mass is 35.5. The lowest BCUT2D eigenvalue weighted by molar-refractivity contribution is 0.188. The van der Waals surface area contributed by atoms with Crippen molar-refractivity contribution < 1.29 is 9.90 Å². The molecule has 0 saturated carbocycles. The SMILES string of the molecule is C[C@@H](c1ccc2nnc(-c3ccc4cccc(C(C)(C)C)c4n3)n2c1)N1CC[C@H](NC(=O)O)C1.Cl.Cl.Cl. The minimum atomic E-state index is -0.965. The average Bonchev–Trinajstić information content (AvgIpc) is 3.43. The van der Waals surface area contributed by atoms with Gasteiger partial charge in [-0.2, -0.15) is 0 Å². The molecule has 0 spiro atoms. The molecular formula is C26H33Cl3N6O2. The first-order chi connectivity index (χ1) is 16.2. The van der Waals surface area contributed by atoms with E-state index in [0.717, 1.165) is 40.8 Å². The number of rotatable bonds is 4. The van der Waals surface area contributed by atoms with Gasteiger partial charge in [-0.05, 0) is 42.0 Å². The van der Waals surface area contributed by atoms with E-state index in [1.807, 2.05) is 16.5 Å². The van der Waals surface area contributed by atoms with Crippen LogP contribution in [0.15, 0.2) is 48.7 Å². The topological polar surface area (TPSA) is 95.7 Å². The normalized spacial score (nSPS) is 16.5. The van der Waals surface area contributed by atoms with Crippen LogP contribution in [0.5, 0.6) is 0 Å². The zero-order chi connectivity index (χ0) is 24.0. The number of nitrogens with one attached hydrogen (secondary N) is 1. The molecule has 4 aromatic rings. The molecule has 4 heterocycles. The molecule has 1 aromatic carbocycles. The number of likely N-dealkylation sites (tertiary alicyclic amines) is 1. The monoisotopic (exact) mass is 566 g/mol. The molecule has 1 fully saturated rings. The first-order valence-electron chi connectivity index (χ1n) is 11.7. The molecule has 2 atom stereocenters. The van der Waals surface area contributed by atoms with E-state index in [0.29, 0.717) is 12.4 Å². The van der Waals surface area contributed by atoms with Crippen molar-refractivity contribution in [3.8, 4) is 11.5 Å². The summed E-state index contributed by atoms with van der Waals surface area (Å²) in [6.45, 7) is 10.3. The van der Waals surface area contributed by atoms with Gasteiger partial charge < -0.3 is 10.4 Å². The van der Waals surface area contributed by atoms with Crippen LogP contribution in [-0.2, 0) is 5.41 Å². The Morgan fingerprint density at radius 2 is 1.84 bits per heavy atom. The van der Waals surface area contributed by atoms with E-state index < -0.39 is 6.09 Å². The summed E-state index contributed by atoms with van der Waals surface area (Å²) in [4.78, 5) is 18.3. The molecule has 8 nitrogen and oxygen atoms in total. The predicted molar refractivity (Wildman–Crippen MR) is 154 cm³/mol. The third kappa shape index (κ3) is 6.09. The highest BCUT2D eigenvalue weighted by Gasteiger charge is 2.28. The molecule has 5 rings (SSSR count). The lowest BCUT2D eigenvalue weighted by atomic mass is 9.85. The first-order valence-corrected chi connectivity index (χ1v) is 11.7. The van der Waals surface area contributed by atoms with Gasteiger partial charge >= 0.3 is 6.09 Å². The molecule has 0 radical (unpaired) electrons. The highest BCUT2D eigenvalue weighted by molar-refractivity contribution is 5.86. The highest BCUT2D eigenvalue weighted by Crippen LogP contribution is 2.31. The summed E-state index contributed by atoms with van der Waals surface area (Å²) < 4.78 is 2.00. The van der Waals surface area contributed by atoms with Crippen LogP contribution in [0.2, 0.25) is 0 Å². The molecule has 3 aromatic heterocycles. The molecule has 200 valence electrons. The predicted octanol–water partition coefficient (Wildman–Crippen LogP) is 5.91. The molecule has 1 saturated heterocycles. The molecule has 2 N–H and O–H groups in total. The number of nitrogens with zero attached hydrogens (tertiary/aromatic N) is 5. The van der Waals surface area contributed by atoms with Gasteiger partial charge in [0.15, 0.2) is 11.5 Å². The van der Waals surface area contributed by atoms with E-state index >= 15 is 0 Å². The van der Waals surface area contributed by atoms with Crippen molar-refractivity contribution in [1.29, 1.82) is 0 Å². The molecule has 0 aliphatic carbocycles. The van der Waals surface area contributed by atoms with Gasteiger partial charge in [0.05, 0.1) is 5.52 Å². The fraction of sp³-hybridized carbons (Fsp3) is 0.385. The van der Waals surface area contributed by atoms with Crippen LogP contribution in [0.3, 0.4) is 0 Å². The molecule has 11 heteroatoms. The zero-order valence-corrected chi connectivity index (χ0v) is 23.7. The summed E-state index contributed by atoms with van der Waals surface area (Å²) in [6.07, 6.45) is 1.93. The van der Waals surface area contributed by atoms with Gasteiger partial charge in [-0.3, -0.25) is 9.30 Å². The standard InChI is InChI=1S/C26H30N6O2.3ClH/c1-16(31-13-12-19(15-31)27-25(33)34)18-9-11-22-29-30-24(32(22)14-18)21-10-8-17-6-5-7-20(23(17)28-21)26(2,3)4;;;/h5-11,14,16,19,27H,12-13,15H2,1-4H3,(H,33,34);3*1H/t16-,19-;;;/m0.../s1. The van der Waals surface area contributed by atoms with Crippen LogP contribution >= 0.6 is 37.2 Å². The first kappa shape index (κ1) is 30.6. The Morgan fingerprint density at radius 1 is 1.08 bits per heavy atom. The van der Waals surface area contributed by atoms with E-state index in [1.165, 1.54) is 5.56 Å². The summed E-state index contributed by atoms with van der Waals surface area (Å²) in [7, 11) is 0. The Balaban J connectivity index is 0.00000160. The minimum absolute atomic E-state index is 0. The Bertz CT molecular complexity index is 1390. The van der Waals surface area contributed by atoms with Gasteiger partial charge in [0, 0.05) is 36.8 Å². The van der Waals surface area contributed by atoms with Crippen LogP contribution in [0.1, 0.15) is 51.3 Å². The Hall–Kier alpha value is -2.65. The molecule has 1 amide bonds. The maximum atomic E-state index is 11.0. The summed E-state index contributed by atoms with van der Waals surface area (Å²) in [5.41, 5.74) is 4.85. The van der Waals surface area contributed by atoms with Crippen molar-refractivity contribution in [2.75, 3.05) is 13.1 Å². The Kier molecular flexibility index (Phi) is 9.76. The number of para-hydroxylation sites is 1. The van der Waals surface area contributed by atoms with Crippen LogP contribution in [0.25, 0.3) is 28.1 Å². The van der Waals surface area contributed by atoms with Gasteiger partial charge in [-0.25, -0.2) is 9.78 Å². The van der Waals surface area contributed by atoms with Crippen LogP contribution < -0.4 is 5.32 Å². The number of halogens is 3. The number of aromatic nitrogens is 4. The maximum Gasteiger partial charge on any atom is 0.404 e. The number of fused-ring (bicyclic) bond motifs is 2. The number of hydrogen-bond donors (Lipinski definition) is 2. The van der Waals surface area contributed by atoms with E-state index in [9.17, 15) is 4.79 Å². The van der Waals surface area contributed by atoms with E-state index in [4.69, 9.17) is 10.1 Å².